The SMILES string of the molecule is CCc1cccc(CC)c1NC(=O)Nc1sc(N2CCCCC2)nc1-c1ccccc1. The summed E-state index contributed by atoms with van der Waals surface area (Å²) in [4.78, 5) is 20.3. The number of piperidine rings is 1. The summed E-state index contributed by atoms with van der Waals surface area (Å²) in [6, 6.07) is 16.1. The fourth-order valence-electron chi connectivity index (χ4n) is 4.06. The maximum absolute atomic E-state index is 13.0. The Morgan fingerprint density at radius 1 is 0.935 bits per heavy atom. The second-order valence-corrected chi connectivity index (χ2v) is 8.80. The lowest BCUT2D eigenvalue weighted by molar-refractivity contribution is 0.262. The molecule has 0 bridgehead atoms. The Morgan fingerprint density at radius 3 is 2.26 bits per heavy atom. The first-order valence-electron chi connectivity index (χ1n) is 11.2. The minimum absolute atomic E-state index is 0.221. The van der Waals surface area contributed by atoms with Crippen molar-refractivity contribution in [3.8, 4) is 11.3 Å². The number of aromatic nitrogens is 1. The van der Waals surface area contributed by atoms with Gasteiger partial charge in [-0.05, 0) is 43.2 Å². The van der Waals surface area contributed by atoms with Crippen LogP contribution in [0.15, 0.2) is 48.5 Å². The van der Waals surface area contributed by atoms with Gasteiger partial charge >= 0.3 is 6.03 Å². The molecular weight excluding hydrogens is 404 g/mol. The number of para-hydroxylation sites is 1. The van der Waals surface area contributed by atoms with Crippen LogP contribution in [-0.2, 0) is 12.8 Å². The van der Waals surface area contributed by atoms with E-state index in [4.69, 9.17) is 4.98 Å². The number of hydrogen-bond donors (Lipinski definition) is 2. The highest BCUT2D eigenvalue weighted by molar-refractivity contribution is 7.20. The molecule has 3 aromatic rings. The molecule has 2 amide bonds. The van der Waals surface area contributed by atoms with Crippen molar-refractivity contribution in [2.24, 2.45) is 0 Å². The second-order valence-electron chi connectivity index (χ2n) is 7.83. The van der Waals surface area contributed by atoms with Crippen molar-refractivity contribution in [2.45, 2.75) is 46.0 Å². The van der Waals surface area contributed by atoms with Gasteiger partial charge in [0.25, 0.3) is 0 Å². The van der Waals surface area contributed by atoms with E-state index in [1.54, 1.807) is 11.3 Å². The molecule has 0 atom stereocenters. The van der Waals surface area contributed by atoms with Crippen molar-refractivity contribution in [1.82, 2.24) is 4.98 Å². The minimum atomic E-state index is -0.221. The highest BCUT2D eigenvalue weighted by Gasteiger charge is 2.21. The van der Waals surface area contributed by atoms with Gasteiger partial charge in [0, 0.05) is 24.3 Å². The van der Waals surface area contributed by atoms with E-state index in [-0.39, 0.29) is 6.03 Å². The average Bonchev–Trinajstić information content (AvgIpc) is 3.24. The minimum Gasteiger partial charge on any atom is -0.348 e. The molecule has 4 rings (SSSR count). The topological polar surface area (TPSA) is 57.3 Å². The van der Waals surface area contributed by atoms with E-state index in [0.717, 1.165) is 64.1 Å². The van der Waals surface area contributed by atoms with Crippen LogP contribution in [0.3, 0.4) is 0 Å². The Bertz CT molecular complexity index is 1000. The zero-order valence-corrected chi connectivity index (χ0v) is 19.1. The number of nitrogens with one attached hydrogen (secondary N) is 2. The fraction of sp³-hybridized carbons (Fsp3) is 0.360. The molecule has 31 heavy (non-hydrogen) atoms. The Morgan fingerprint density at radius 2 is 1.61 bits per heavy atom. The normalized spacial score (nSPS) is 13.8. The molecule has 0 spiro atoms. The Hall–Kier alpha value is -2.86. The number of amides is 2. The molecule has 0 saturated carbocycles. The lowest BCUT2D eigenvalue weighted by Crippen LogP contribution is -2.29. The van der Waals surface area contributed by atoms with Gasteiger partial charge in [0.15, 0.2) is 5.13 Å². The summed E-state index contributed by atoms with van der Waals surface area (Å²) in [6.45, 7) is 6.27. The van der Waals surface area contributed by atoms with Gasteiger partial charge < -0.3 is 10.2 Å². The van der Waals surface area contributed by atoms with E-state index in [2.05, 4.69) is 47.6 Å². The molecule has 0 unspecified atom stereocenters. The molecule has 1 saturated heterocycles. The van der Waals surface area contributed by atoms with Gasteiger partial charge in [-0.15, -0.1) is 0 Å². The summed E-state index contributed by atoms with van der Waals surface area (Å²) in [5.74, 6) is 0. The number of benzene rings is 2. The van der Waals surface area contributed by atoms with Gasteiger partial charge in [0.2, 0.25) is 0 Å². The van der Waals surface area contributed by atoms with Crippen molar-refractivity contribution >= 4 is 33.2 Å². The molecule has 0 aliphatic carbocycles. The van der Waals surface area contributed by atoms with E-state index < -0.39 is 0 Å². The maximum atomic E-state index is 13.0. The molecule has 1 aromatic heterocycles. The third kappa shape index (κ3) is 4.90. The van der Waals surface area contributed by atoms with Crippen LogP contribution >= 0.6 is 11.3 Å². The predicted molar refractivity (Wildman–Crippen MR) is 131 cm³/mol. The number of anilines is 3. The van der Waals surface area contributed by atoms with Gasteiger partial charge in [-0.1, -0.05) is 73.7 Å². The summed E-state index contributed by atoms with van der Waals surface area (Å²) in [5.41, 5.74) is 5.07. The predicted octanol–water partition coefficient (Wildman–Crippen LogP) is 6.57. The maximum Gasteiger partial charge on any atom is 0.324 e. The lowest BCUT2D eigenvalue weighted by atomic mass is 10.0. The molecule has 1 aliphatic rings. The summed E-state index contributed by atoms with van der Waals surface area (Å²) < 4.78 is 0. The fourth-order valence-corrected chi connectivity index (χ4v) is 5.09. The van der Waals surface area contributed by atoms with Crippen LogP contribution in [-0.4, -0.2) is 24.1 Å². The molecule has 2 heterocycles. The molecule has 5 nitrogen and oxygen atoms in total. The van der Waals surface area contributed by atoms with Crippen LogP contribution in [0.4, 0.5) is 20.6 Å². The molecular formula is C25H30N4OS. The largest absolute Gasteiger partial charge is 0.348 e. The van der Waals surface area contributed by atoms with Crippen LogP contribution in [0.2, 0.25) is 0 Å². The first-order valence-corrected chi connectivity index (χ1v) is 12.0. The van der Waals surface area contributed by atoms with Crippen LogP contribution in [0, 0.1) is 0 Å². The first kappa shape index (κ1) is 21.4. The van der Waals surface area contributed by atoms with E-state index >= 15 is 0 Å². The summed E-state index contributed by atoms with van der Waals surface area (Å²) >= 11 is 1.56. The molecule has 6 heteroatoms. The standard InChI is InChI=1S/C25H30N4OS/c1-3-18-14-11-15-19(4-2)21(18)26-24(30)28-23-22(20-12-7-5-8-13-20)27-25(31-23)29-16-9-6-10-17-29/h5,7-8,11-15H,3-4,6,9-10,16-17H2,1-2H3,(H2,26,28,30). The number of thiazole rings is 1. The molecule has 162 valence electrons. The van der Waals surface area contributed by atoms with Gasteiger partial charge in [0.05, 0.1) is 0 Å². The van der Waals surface area contributed by atoms with Gasteiger partial charge in [-0.25, -0.2) is 9.78 Å². The van der Waals surface area contributed by atoms with Crippen LogP contribution in [0.1, 0.15) is 44.2 Å². The third-order valence-corrected chi connectivity index (χ3v) is 6.79. The second kappa shape index (κ2) is 9.96. The number of carbonyl (C=O) groups is 1. The van der Waals surface area contributed by atoms with Crippen LogP contribution in [0.5, 0.6) is 0 Å². The quantitative estimate of drug-likeness (QED) is 0.461. The Balaban J connectivity index is 1.61. The zero-order chi connectivity index (χ0) is 21.6. The number of hydrogen-bond acceptors (Lipinski definition) is 4. The summed E-state index contributed by atoms with van der Waals surface area (Å²) in [6.07, 6.45) is 5.41. The molecule has 1 aliphatic heterocycles. The van der Waals surface area contributed by atoms with Crippen molar-refractivity contribution in [1.29, 1.82) is 0 Å². The van der Waals surface area contributed by atoms with Gasteiger partial charge in [-0.3, -0.25) is 5.32 Å². The Kier molecular flexibility index (Phi) is 6.87. The smallest absolute Gasteiger partial charge is 0.324 e. The lowest BCUT2D eigenvalue weighted by Gasteiger charge is -2.25. The van der Waals surface area contributed by atoms with Gasteiger partial charge in [0.1, 0.15) is 10.7 Å². The summed E-state index contributed by atoms with van der Waals surface area (Å²) in [7, 11) is 0. The van der Waals surface area contributed by atoms with E-state index in [1.165, 1.54) is 19.3 Å². The first-order chi connectivity index (χ1) is 15.2. The summed E-state index contributed by atoms with van der Waals surface area (Å²) in [5, 5.41) is 7.98. The monoisotopic (exact) mass is 434 g/mol. The average molecular weight is 435 g/mol. The number of rotatable bonds is 6. The van der Waals surface area contributed by atoms with Crippen molar-refractivity contribution in [3.63, 3.8) is 0 Å². The molecule has 2 aromatic carbocycles. The van der Waals surface area contributed by atoms with Crippen LogP contribution < -0.4 is 15.5 Å². The van der Waals surface area contributed by atoms with E-state index in [0.29, 0.717) is 0 Å². The van der Waals surface area contributed by atoms with Crippen molar-refractivity contribution < 1.29 is 4.79 Å². The van der Waals surface area contributed by atoms with Crippen molar-refractivity contribution in [2.75, 3.05) is 28.6 Å². The van der Waals surface area contributed by atoms with E-state index in [9.17, 15) is 4.79 Å². The number of aryl methyl sites for hydroxylation is 2. The molecule has 2 N–H and O–H groups in total. The number of carbonyl (C=O) groups excluding carboxylic acids is 1. The van der Waals surface area contributed by atoms with Crippen LogP contribution in [0.25, 0.3) is 11.3 Å². The van der Waals surface area contributed by atoms with E-state index in [1.807, 2.05) is 30.3 Å². The highest BCUT2D eigenvalue weighted by atomic mass is 32.1. The molecule has 1 fully saturated rings. The molecule has 0 radical (unpaired) electrons. The highest BCUT2D eigenvalue weighted by Crippen LogP contribution is 2.38. The Labute approximate surface area is 188 Å². The third-order valence-electron chi connectivity index (χ3n) is 5.75. The van der Waals surface area contributed by atoms with Gasteiger partial charge in [-0.2, -0.15) is 0 Å². The number of nitrogens with zero attached hydrogens (tertiary/aromatic N) is 2. The van der Waals surface area contributed by atoms with Crippen molar-refractivity contribution in [3.05, 3.63) is 59.7 Å². The zero-order valence-electron chi connectivity index (χ0n) is 18.3. The number of urea groups is 1.